The average Bonchev–Trinajstić information content (AvgIpc) is 3.55. The van der Waals surface area contributed by atoms with E-state index in [2.05, 4.69) is 20.2 Å². The molecule has 0 saturated carbocycles. The Morgan fingerprint density at radius 3 is 2.45 bits per heavy atom. The molecule has 2 aliphatic heterocycles. The maximum Gasteiger partial charge on any atom is 0.230 e. The number of ether oxygens (including phenoxy) is 2. The highest BCUT2D eigenvalue weighted by molar-refractivity contribution is 6.30. The molecule has 2 fully saturated rings. The van der Waals surface area contributed by atoms with Crippen LogP contribution in [0.15, 0.2) is 30.6 Å². The van der Waals surface area contributed by atoms with Crippen LogP contribution in [0.5, 0.6) is 5.75 Å². The number of amides is 2. The van der Waals surface area contributed by atoms with Crippen molar-refractivity contribution >= 4 is 29.4 Å². The number of benzene rings is 1. The summed E-state index contributed by atoms with van der Waals surface area (Å²) < 4.78 is 26.1. The number of hydrogen-bond acceptors (Lipinski definition) is 12. The van der Waals surface area contributed by atoms with Gasteiger partial charge >= 0.3 is 0 Å². The number of methoxy groups -OCH3 is 1. The van der Waals surface area contributed by atoms with Crippen LogP contribution in [0.1, 0.15) is 37.7 Å². The maximum atomic E-state index is 15.0. The van der Waals surface area contributed by atoms with Crippen molar-refractivity contribution in [2.75, 3.05) is 64.6 Å². The Morgan fingerprint density at radius 1 is 1.10 bits per heavy atom. The molecule has 1 aromatic heterocycles. The Bertz CT molecular complexity index is 1370. The normalized spacial score (nSPS) is 20.9. The third-order valence-corrected chi connectivity index (χ3v) is 9.50. The van der Waals surface area contributed by atoms with Crippen molar-refractivity contribution in [3.05, 3.63) is 47.0 Å². The Balaban J connectivity index is 1.20. The summed E-state index contributed by atoms with van der Waals surface area (Å²) >= 11 is 5.88. The summed E-state index contributed by atoms with van der Waals surface area (Å²) in [5, 5.41) is 51.5. The Hall–Kier alpha value is -3.18. The van der Waals surface area contributed by atoms with Crippen LogP contribution < -0.4 is 15.0 Å². The lowest BCUT2D eigenvalue weighted by Gasteiger charge is -2.31. The van der Waals surface area contributed by atoms with Gasteiger partial charge in [-0.2, -0.15) is 0 Å². The minimum atomic E-state index is -1.83. The Morgan fingerprint density at radius 2 is 1.80 bits per heavy atom. The number of hydrogen-bond donors (Lipinski definition) is 6. The molecule has 2 aromatic rings. The first kappa shape index (κ1) is 38.6. The predicted molar refractivity (Wildman–Crippen MR) is 176 cm³/mol. The van der Waals surface area contributed by atoms with Gasteiger partial charge in [-0.05, 0) is 49.7 Å². The van der Waals surface area contributed by atoms with Crippen molar-refractivity contribution in [1.82, 2.24) is 20.2 Å². The summed E-state index contributed by atoms with van der Waals surface area (Å²) in [6.07, 6.45) is 0.100. The molecule has 1 unspecified atom stereocenters. The highest BCUT2D eigenvalue weighted by atomic mass is 35.5. The van der Waals surface area contributed by atoms with Crippen molar-refractivity contribution in [3.8, 4) is 5.75 Å². The summed E-state index contributed by atoms with van der Waals surface area (Å²) in [6, 6.07) is 4.44. The van der Waals surface area contributed by atoms with Gasteiger partial charge in [-0.15, -0.1) is 0 Å². The summed E-state index contributed by atoms with van der Waals surface area (Å²) in [5.41, 5.74) is -0.959. The molecule has 272 valence electrons. The number of anilines is 1. The third kappa shape index (κ3) is 10.4. The van der Waals surface area contributed by atoms with E-state index in [1.54, 1.807) is 18.5 Å². The van der Waals surface area contributed by atoms with Gasteiger partial charge in [0, 0.05) is 45.9 Å². The molecule has 6 N–H and O–H groups in total. The van der Waals surface area contributed by atoms with E-state index in [9.17, 15) is 30.0 Å². The number of carbonyl (C=O) groups is 2. The van der Waals surface area contributed by atoms with Crippen LogP contribution >= 0.6 is 11.6 Å². The number of nitrogens with one attached hydrogen (secondary N) is 1. The molecule has 4 rings (SSSR count). The molecule has 49 heavy (non-hydrogen) atoms. The second-order valence-electron chi connectivity index (χ2n) is 12.8. The van der Waals surface area contributed by atoms with E-state index >= 15 is 4.39 Å². The zero-order chi connectivity index (χ0) is 35.6. The lowest BCUT2D eigenvalue weighted by Crippen LogP contribution is -2.52. The molecule has 2 amide bonds. The summed E-state index contributed by atoms with van der Waals surface area (Å²) in [6.45, 7) is 1.07. The lowest BCUT2D eigenvalue weighted by molar-refractivity contribution is -0.137. The first-order valence-electron chi connectivity index (χ1n) is 16.5. The molecular formula is C33H47ClFN5O9. The molecule has 0 aliphatic carbocycles. The predicted octanol–water partition coefficient (Wildman–Crippen LogP) is 0.304. The van der Waals surface area contributed by atoms with Crippen LogP contribution in [0.25, 0.3) is 0 Å². The second-order valence-corrected chi connectivity index (χ2v) is 13.3. The molecular weight excluding hydrogens is 665 g/mol. The zero-order valence-electron chi connectivity index (χ0n) is 27.6. The van der Waals surface area contributed by atoms with Gasteiger partial charge in [0.1, 0.15) is 29.9 Å². The molecule has 1 aromatic carbocycles. The van der Waals surface area contributed by atoms with E-state index in [0.717, 1.165) is 38.8 Å². The standard InChI is InChI=1S/C33H47ClFN5O9/c1-48-20-33(31(47)36-17-26(42)29(45)30(46)27(43)18-41)8-11-40(19-33)28(44)13-22-4-5-24(14-25(22)35)49-12-2-3-21-6-9-39(10-7-21)32-37-15-23(34)16-38-32/h4-5,14-16,21,26-27,29-30,41-43,45-46H,2-3,6-13,17-20H2,1H3,(H,36,47)/t26-,27+,29+,30+,33?/m0/s1. The van der Waals surface area contributed by atoms with Crippen LogP contribution in [0.2, 0.25) is 5.02 Å². The van der Waals surface area contributed by atoms with E-state index in [1.165, 1.54) is 24.1 Å². The largest absolute Gasteiger partial charge is 0.493 e. The fourth-order valence-corrected chi connectivity index (χ4v) is 6.38. The van der Waals surface area contributed by atoms with Crippen molar-refractivity contribution in [2.24, 2.45) is 11.3 Å². The van der Waals surface area contributed by atoms with Gasteiger partial charge in [0.05, 0.1) is 55.2 Å². The molecule has 14 nitrogen and oxygen atoms in total. The number of aliphatic hydroxyl groups excluding tert-OH is 5. The molecule has 0 bridgehead atoms. The number of aromatic nitrogens is 2. The van der Waals surface area contributed by atoms with Gasteiger partial charge in [-0.3, -0.25) is 9.59 Å². The van der Waals surface area contributed by atoms with Crippen molar-refractivity contribution in [3.63, 3.8) is 0 Å². The van der Waals surface area contributed by atoms with Gasteiger partial charge in [0.15, 0.2) is 0 Å². The van der Waals surface area contributed by atoms with Crippen LogP contribution in [-0.2, 0) is 20.7 Å². The second kappa shape index (κ2) is 18.2. The molecule has 0 radical (unpaired) electrons. The number of rotatable bonds is 17. The van der Waals surface area contributed by atoms with Crippen LogP contribution in [0.4, 0.5) is 10.3 Å². The number of carbonyl (C=O) groups excluding carboxylic acids is 2. The van der Waals surface area contributed by atoms with Gasteiger partial charge < -0.3 is 50.1 Å². The van der Waals surface area contributed by atoms with E-state index < -0.39 is 54.7 Å². The van der Waals surface area contributed by atoms with Crippen LogP contribution in [0.3, 0.4) is 0 Å². The van der Waals surface area contributed by atoms with E-state index in [-0.39, 0.29) is 44.0 Å². The molecule has 2 saturated heterocycles. The number of nitrogens with zero attached hydrogens (tertiary/aromatic N) is 4. The molecule has 5 atom stereocenters. The number of halogens is 2. The van der Waals surface area contributed by atoms with E-state index in [0.29, 0.717) is 29.2 Å². The summed E-state index contributed by atoms with van der Waals surface area (Å²) in [7, 11) is 1.41. The van der Waals surface area contributed by atoms with Crippen LogP contribution in [0, 0.1) is 17.2 Å². The first-order chi connectivity index (χ1) is 23.5. The third-order valence-electron chi connectivity index (χ3n) is 9.30. The zero-order valence-corrected chi connectivity index (χ0v) is 28.3. The average molecular weight is 712 g/mol. The van der Waals surface area contributed by atoms with Crippen LogP contribution in [-0.4, -0.2) is 136 Å². The molecule has 2 aliphatic rings. The van der Waals surface area contributed by atoms with Crippen molar-refractivity contribution in [1.29, 1.82) is 0 Å². The van der Waals surface area contributed by atoms with Gasteiger partial charge in [-0.25, -0.2) is 14.4 Å². The van der Waals surface area contributed by atoms with Gasteiger partial charge in [-0.1, -0.05) is 17.7 Å². The van der Waals surface area contributed by atoms with Crippen molar-refractivity contribution < 1.29 is 49.0 Å². The molecule has 0 spiro atoms. The monoisotopic (exact) mass is 711 g/mol. The minimum absolute atomic E-state index is 0.00719. The van der Waals surface area contributed by atoms with E-state index in [4.69, 9.17) is 26.2 Å². The number of likely N-dealkylation sites (tertiary alicyclic amines) is 1. The van der Waals surface area contributed by atoms with Crippen molar-refractivity contribution in [2.45, 2.75) is 62.9 Å². The molecule has 3 heterocycles. The fraction of sp³-hybridized carbons (Fsp3) is 0.636. The quantitative estimate of drug-likeness (QED) is 0.123. The maximum absolute atomic E-state index is 15.0. The fourth-order valence-electron chi connectivity index (χ4n) is 6.29. The first-order valence-corrected chi connectivity index (χ1v) is 16.9. The smallest absolute Gasteiger partial charge is 0.230 e. The lowest BCUT2D eigenvalue weighted by atomic mass is 9.86. The summed E-state index contributed by atoms with van der Waals surface area (Å²) in [4.78, 5) is 38.5. The Kier molecular flexibility index (Phi) is 14.3. The minimum Gasteiger partial charge on any atom is -0.493 e. The van der Waals surface area contributed by atoms with Gasteiger partial charge in [0.25, 0.3) is 0 Å². The highest BCUT2D eigenvalue weighted by Crippen LogP contribution is 2.32. The molecule has 16 heteroatoms. The SMILES string of the molecule is COCC1(C(=O)NC[C@H](O)[C@@H](O)[C@H](O)[C@H](O)CO)CCN(C(=O)Cc2ccc(OCCCC3CCN(c4ncc(Cl)cn4)CC3)cc2F)C1. The van der Waals surface area contributed by atoms with E-state index in [1.807, 2.05) is 0 Å². The summed E-state index contributed by atoms with van der Waals surface area (Å²) in [5.74, 6) is 0.146. The Labute approximate surface area is 289 Å². The number of piperidine rings is 1. The number of aliphatic hydroxyl groups is 5. The van der Waals surface area contributed by atoms with Gasteiger partial charge in [0.2, 0.25) is 17.8 Å². The topological polar surface area (TPSA) is 198 Å². The highest BCUT2D eigenvalue weighted by Gasteiger charge is 2.46.